The van der Waals surface area contributed by atoms with Crippen LogP contribution >= 0.6 is 0 Å². The molecule has 3 heterocycles. The summed E-state index contributed by atoms with van der Waals surface area (Å²) < 4.78 is 11.6. The van der Waals surface area contributed by atoms with Gasteiger partial charge < -0.3 is 24.7 Å². The molecule has 9 nitrogen and oxygen atoms in total. The van der Waals surface area contributed by atoms with Crippen molar-refractivity contribution in [2.24, 2.45) is 11.3 Å². The Hall–Kier alpha value is -3.30. The molecule has 2 fully saturated rings. The number of nitrogens with zero attached hydrogens (tertiary/aromatic N) is 3. The Labute approximate surface area is 236 Å². The van der Waals surface area contributed by atoms with Crippen molar-refractivity contribution in [3.05, 3.63) is 42.4 Å². The second kappa shape index (κ2) is 12.5. The molecule has 3 aromatic rings. The lowest BCUT2D eigenvalue weighted by atomic mass is 9.90. The summed E-state index contributed by atoms with van der Waals surface area (Å²) >= 11 is 0. The number of rotatable bonds is 13. The van der Waals surface area contributed by atoms with E-state index < -0.39 is 6.04 Å². The number of piperidine rings is 1. The van der Waals surface area contributed by atoms with E-state index in [1.165, 1.54) is 0 Å². The van der Waals surface area contributed by atoms with E-state index in [4.69, 9.17) is 9.47 Å². The van der Waals surface area contributed by atoms with E-state index in [-0.39, 0.29) is 29.6 Å². The second-order valence-corrected chi connectivity index (χ2v) is 11.1. The van der Waals surface area contributed by atoms with Crippen molar-refractivity contribution in [1.82, 2.24) is 25.2 Å². The van der Waals surface area contributed by atoms with Crippen LogP contribution in [-0.2, 0) is 14.3 Å². The summed E-state index contributed by atoms with van der Waals surface area (Å²) in [7, 11) is 1.61. The summed E-state index contributed by atoms with van der Waals surface area (Å²) in [5.41, 5.74) is 2.55. The minimum atomic E-state index is -0.434. The van der Waals surface area contributed by atoms with Crippen LogP contribution in [0.1, 0.15) is 64.2 Å². The molecule has 1 amide bonds. The SMILES string of the molecule is CCC(=O)CCCOC[C@H](NC(=O)[C@H]1CC12CCN(CC)CC2)c1ncc(-c2cc3ccccc3nc2OC)[nH]1. The zero-order valence-corrected chi connectivity index (χ0v) is 23.9. The van der Waals surface area contributed by atoms with Gasteiger partial charge >= 0.3 is 0 Å². The molecular formula is C31H41N5O4. The van der Waals surface area contributed by atoms with Crippen LogP contribution in [0.25, 0.3) is 22.2 Å². The van der Waals surface area contributed by atoms with Crippen LogP contribution in [0.5, 0.6) is 5.88 Å². The smallest absolute Gasteiger partial charge is 0.224 e. The fourth-order valence-electron chi connectivity index (χ4n) is 5.89. The topological polar surface area (TPSA) is 109 Å². The third-order valence-corrected chi connectivity index (χ3v) is 8.64. The molecule has 1 aromatic carbocycles. The van der Waals surface area contributed by atoms with Gasteiger partial charge in [0.2, 0.25) is 11.8 Å². The number of aromatic amines is 1. The van der Waals surface area contributed by atoms with Gasteiger partial charge in [0.15, 0.2) is 0 Å². The van der Waals surface area contributed by atoms with Crippen LogP contribution in [-0.4, -0.2) is 71.5 Å². The maximum absolute atomic E-state index is 13.5. The third kappa shape index (κ3) is 6.20. The summed E-state index contributed by atoms with van der Waals surface area (Å²) in [6.45, 7) is 7.98. The zero-order valence-electron chi connectivity index (χ0n) is 23.9. The van der Waals surface area contributed by atoms with Gasteiger partial charge in [0.05, 0.1) is 36.7 Å². The normalized spacial score (nSPS) is 19.0. The van der Waals surface area contributed by atoms with Crippen molar-refractivity contribution in [3.8, 4) is 17.1 Å². The number of likely N-dealkylation sites (tertiary alicyclic amines) is 1. The molecule has 0 unspecified atom stereocenters. The molecule has 214 valence electrons. The number of amides is 1. The predicted molar refractivity (Wildman–Crippen MR) is 154 cm³/mol. The molecule has 2 aromatic heterocycles. The molecule has 5 rings (SSSR count). The van der Waals surface area contributed by atoms with E-state index in [1.54, 1.807) is 13.3 Å². The molecule has 2 atom stereocenters. The van der Waals surface area contributed by atoms with Crippen LogP contribution in [0.3, 0.4) is 0 Å². The number of benzene rings is 1. The quantitative estimate of drug-likeness (QED) is 0.299. The second-order valence-electron chi connectivity index (χ2n) is 11.1. The maximum Gasteiger partial charge on any atom is 0.224 e. The first kappa shape index (κ1) is 28.2. The molecule has 9 heteroatoms. The zero-order chi connectivity index (χ0) is 28.1. The van der Waals surface area contributed by atoms with Gasteiger partial charge in [-0.15, -0.1) is 0 Å². The molecule has 0 bridgehead atoms. The number of carbonyl (C=O) groups is 2. The molecule has 1 aliphatic carbocycles. The lowest BCUT2D eigenvalue weighted by Gasteiger charge is -2.32. The average molecular weight is 548 g/mol. The largest absolute Gasteiger partial charge is 0.480 e. The summed E-state index contributed by atoms with van der Waals surface area (Å²) in [6, 6.07) is 9.49. The maximum atomic E-state index is 13.5. The first-order valence-corrected chi connectivity index (χ1v) is 14.6. The minimum Gasteiger partial charge on any atom is -0.480 e. The van der Waals surface area contributed by atoms with E-state index in [9.17, 15) is 9.59 Å². The number of Topliss-reactive ketones (excluding diaryl/α,β-unsaturated/α-hetero) is 1. The Kier molecular flexibility index (Phi) is 8.81. The summed E-state index contributed by atoms with van der Waals surface area (Å²) in [6.07, 6.45) is 6.56. The van der Waals surface area contributed by atoms with Gasteiger partial charge in [0.1, 0.15) is 17.6 Å². The first-order valence-electron chi connectivity index (χ1n) is 14.6. The van der Waals surface area contributed by atoms with Gasteiger partial charge in [-0.25, -0.2) is 9.97 Å². The van der Waals surface area contributed by atoms with Gasteiger partial charge in [0, 0.05) is 30.8 Å². The molecule has 2 N–H and O–H groups in total. The highest BCUT2D eigenvalue weighted by molar-refractivity contribution is 5.85. The van der Waals surface area contributed by atoms with Crippen molar-refractivity contribution in [2.75, 3.05) is 40.0 Å². The van der Waals surface area contributed by atoms with E-state index in [0.717, 1.165) is 61.1 Å². The predicted octanol–water partition coefficient (Wildman–Crippen LogP) is 4.69. The van der Waals surface area contributed by atoms with Crippen molar-refractivity contribution in [3.63, 3.8) is 0 Å². The number of H-pyrrole nitrogens is 1. The Bertz CT molecular complexity index is 1330. The fourth-order valence-corrected chi connectivity index (χ4v) is 5.89. The number of carbonyl (C=O) groups excluding carboxylic acids is 2. The number of nitrogens with one attached hydrogen (secondary N) is 2. The van der Waals surface area contributed by atoms with Gasteiger partial charge in [-0.1, -0.05) is 32.0 Å². The Morgan fingerprint density at radius 2 is 2.02 bits per heavy atom. The van der Waals surface area contributed by atoms with Crippen LogP contribution in [0.15, 0.2) is 36.5 Å². The van der Waals surface area contributed by atoms with Gasteiger partial charge in [-0.05, 0) is 62.9 Å². The standard InChI is InChI=1S/C31H41N5O4/c1-4-22(37)10-8-16-40-20-27(34-29(38)24-18-31(24)12-14-36(5-2)15-13-31)28-32-19-26(33-28)23-17-21-9-6-7-11-25(21)35-30(23)39-3/h6-7,9,11,17,19,24,27H,4-5,8,10,12-16,18,20H2,1-3H3,(H,32,33)(H,34,38)/t24-,27+/m1/s1. The highest BCUT2D eigenvalue weighted by Crippen LogP contribution is 2.59. The minimum absolute atomic E-state index is 0.0374. The van der Waals surface area contributed by atoms with E-state index in [2.05, 4.69) is 32.1 Å². The van der Waals surface area contributed by atoms with Gasteiger partial charge in [-0.2, -0.15) is 0 Å². The van der Waals surface area contributed by atoms with Crippen LogP contribution < -0.4 is 10.1 Å². The van der Waals surface area contributed by atoms with Gasteiger partial charge in [0.25, 0.3) is 0 Å². The number of hydrogen-bond donors (Lipinski definition) is 2. The van der Waals surface area contributed by atoms with Crippen LogP contribution in [0.2, 0.25) is 0 Å². The summed E-state index contributed by atoms with van der Waals surface area (Å²) in [5, 5.41) is 4.24. The molecule has 1 saturated carbocycles. The number of methoxy groups -OCH3 is 1. The highest BCUT2D eigenvalue weighted by atomic mass is 16.5. The fraction of sp³-hybridized carbons (Fsp3) is 0.548. The number of pyridine rings is 1. The molecule has 2 aliphatic rings. The van der Waals surface area contributed by atoms with E-state index >= 15 is 0 Å². The molecule has 1 saturated heterocycles. The first-order chi connectivity index (χ1) is 19.5. The third-order valence-electron chi connectivity index (χ3n) is 8.64. The summed E-state index contributed by atoms with van der Waals surface area (Å²) in [5.74, 6) is 1.47. The van der Waals surface area contributed by atoms with E-state index in [0.29, 0.717) is 37.6 Å². The number of fused-ring (bicyclic) bond motifs is 1. The molecular weight excluding hydrogens is 506 g/mol. The Morgan fingerprint density at radius 3 is 2.77 bits per heavy atom. The number of ketones is 1. The van der Waals surface area contributed by atoms with E-state index in [1.807, 2.05) is 37.3 Å². The summed E-state index contributed by atoms with van der Waals surface area (Å²) in [4.78, 5) is 40.3. The monoisotopic (exact) mass is 547 g/mol. The average Bonchev–Trinajstić information content (AvgIpc) is 3.46. The number of hydrogen-bond acceptors (Lipinski definition) is 7. The lowest BCUT2D eigenvalue weighted by Crippen LogP contribution is -2.38. The molecule has 1 spiro atoms. The van der Waals surface area contributed by atoms with Crippen LogP contribution in [0.4, 0.5) is 0 Å². The molecule has 1 aliphatic heterocycles. The number of para-hydroxylation sites is 1. The van der Waals surface area contributed by atoms with Crippen LogP contribution in [0, 0.1) is 11.3 Å². The Balaban J connectivity index is 1.31. The van der Waals surface area contributed by atoms with Crippen molar-refractivity contribution in [1.29, 1.82) is 0 Å². The van der Waals surface area contributed by atoms with Gasteiger partial charge in [-0.3, -0.25) is 9.59 Å². The van der Waals surface area contributed by atoms with Crippen molar-refractivity contribution < 1.29 is 19.1 Å². The highest BCUT2D eigenvalue weighted by Gasteiger charge is 2.58. The molecule has 0 radical (unpaired) electrons. The number of aromatic nitrogens is 3. The molecule has 40 heavy (non-hydrogen) atoms. The lowest BCUT2D eigenvalue weighted by molar-refractivity contribution is -0.124. The number of ether oxygens (including phenoxy) is 2. The van der Waals surface area contributed by atoms with Crippen molar-refractivity contribution in [2.45, 2.75) is 58.4 Å². The Morgan fingerprint density at radius 1 is 1.23 bits per heavy atom. The number of imidazole rings is 1. The van der Waals surface area contributed by atoms with Crippen molar-refractivity contribution >= 4 is 22.6 Å².